The SMILES string of the molecule is CC(C)CC(NC(=O)C(CC(=O)O)NC(=O)C(N)CCCN=C(N)N)C(=O)NC(CCC(=O)O)C(=O)O. The van der Waals surface area contributed by atoms with Crippen LogP contribution >= 0.6 is 0 Å². The van der Waals surface area contributed by atoms with E-state index in [0.717, 1.165) is 0 Å². The Balaban J connectivity index is 5.44. The molecule has 0 saturated carbocycles. The van der Waals surface area contributed by atoms with Gasteiger partial charge >= 0.3 is 17.9 Å². The van der Waals surface area contributed by atoms with Crippen molar-refractivity contribution < 1.29 is 44.1 Å². The van der Waals surface area contributed by atoms with Crippen LogP contribution in [-0.2, 0) is 28.8 Å². The minimum atomic E-state index is -1.58. The van der Waals surface area contributed by atoms with Gasteiger partial charge < -0.3 is 48.5 Å². The maximum atomic E-state index is 12.9. The van der Waals surface area contributed by atoms with E-state index in [1.165, 1.54) is 0 Å². The number of carboxylic acids is 3. The van der Waals surface area contributed by atoms with Crippen molar-refractivity contribution in [3.8, 4) is 0 Å². The first-order chi connectivity index (χ1) is 17.1. The van der Waals surface area contributed by atoms with Crippen molar-refractivity contribution in [2.24, 2.45) is 28.1 Å². The molecule has 0 radical (unpaired) electrons. The Morgan fingerprint density at radius 2 is 1.32 bits per heavy atom. The molecule has 3 amide bonds. The molecular formula is C21H37N7O9. The van der Waals surface area contributed by atoms with Crippen LogP contribution in [0, 0.1) is 5.92 Å². The number of nitrogens with one attached hydrogen (secondary N) is 3. The van der Waals surface area contributed by atoms with Crippen molar-refractivity contribution in [2.75, 3.05) is 6.54 Å². The molecule has 0 fully saturated rings. The van der Waals surface area contributed by atoms with E-state index in [0.29, 0.717) is 6.42 Å². The molecule has 37 heavy (non-hydrogen) atoms. The molecule has 0 rings (SSSR count). The van der Waals surface area contributed by atoms with Gasteiger partial charge in [0.2, 0.25) is 17.7 Å². The lowest BCUT2D eigenvalue weighted by atomic mass is 10.0. The number of aliphatic imine (C=N–C) groups is 1. The van der Waals surface area contributed by atoms with Crippen molar-refractivity contribution >= 4 is 41.6 Å². The van der Waals surface area contributed by atoms with Crippen LogP contribution < -0.4 is 33.2 Å². The second-order valence-electron chi connectivity index (χ2n) is 8.74. The average Bonchev–Trinajstić information content (AvgIpc) is 2.76. The smallest absolute Gasteiger partial charge is 0.326 e. The standard InChI is InChI=1S/C21H37N7O9/c1-10(2)8-13(18(34)26-12(20(36)37)5-6-15(29)30)28-19(35)14(9-16(31)32)27-17(33)11(22)4-3-7-25-21(23)24/h10-14H,3-9,22H2,1-2H3,(H,26,34)(H,27,33)(H,28,35)(H,29,30)(H,31,32)(H,36,37)(H4,23,24,25). The van der Waals surface area contributed by atoms with Gasteiger partial charge in [-0.3, -0.25) is 29.0 Å². The van der Waals surface area contributed by atoms with Gasteiger partial charge in [0, 0.05) is 13.0 Å². The van der Waals surface area contributed by atoms with E-state index in [4.69, 9.17) is 22.3 Å². The molecule has 210 valence electrons. The molecule has 0 aromatic rings. The highest BCUT2D eigenvalue weighted by atomic mass is 16.4. The predicted molar refractivity (Wildman–Crippen MR) is 130 cm³/mol. The number of hydrogen-bond acceptors (Lipinski definition) is 8. The zero-order valence-electron chi connectivity index (χ0n) is 20.8. The minimum absolute atomic E-state index is 0.0425. The molecule has 0 heterocycles. The fourth-order valence-electron chi connectivity index (χ4n) is 3.09. The highest BCUT2D eigenvalue weighted by molar-refractivity contribution is 5.95. The van der Waals surface area contributed by atoms with Gasteiger partial charge in [0.05, 0.1) is 12.5 Å². The predicted octanol–water partition coefficient (Wildman–Crippen LogP) is -2.71. The van der Waals surface area contributed by atoms with E-state index in [9.17, 15) is 39.0 Å². The Labute approximate surface area is 213 Å². The van der Waals surface area contributed by atoms with E-state index < -0.39 is 79.1 Å². The highest BCUT2D eigenvalue weighted by Crippen LogP contribution is 2.08. The molecule has 12 N–H and O–H groups in total. The Bertz CT molecular complexity index is 859. The van der Waals surface area contributed by atoms with Crippen LogP contribution in [-0.4, -0.2) is 87.6 Å². The number of carbonyl (C=O) groups excluding carboxylic acids is 3. The Kier molecular flexibility index (Phi) is 14.9. The van der Waals surface area contributed by atoms with E-state index in [1.54, 1.807) is 13.8 Å². The Hall–Kier alpha value is -3.95. The van der Waals surface area contributed by atoms with Gasteiger partial charge in [-0.2, -0.15) is 0 Å². The number of nitrogens with zero attached hydrogens (tertiary/aromatic N) is 1. The van der Waals surface area contributed by atoms with Gasteiger partial charge in [-0.15, -0.1) is 0 Å². The van der Waals surface area contributed by atoms with Crippen LogP contribution in [0.2, 0.25) is 0 Å². The van der Waals surface area contributed by atoms with Crippen molar-refractivity contribution in [1.29, 1.82) is 0 Å². The van der Waals surface area contributed by atoms with E-state index in [1.807, 2.05) is 0 Å². The number of hydrogen-bond donors (Lipinski definition) is 9. The number of nitrogens with two attached hydrogens (primary N) is 3. The zero-order valence-corrected chi connectivity index (χ0v) is 20.8. The topological polar surface area (TPSA) is 290 Å². The third-order valence-electron chi connectivity index (χ3n) is 4.92. The minimum Gasteiger partial charge on any atom is -0.481 e. The maximum Gasteiger partial charge on any atom is 0.326 e. The second kappa shape index (κ2) is 16.7. The van der Waals surface area contributed by atoms with E-state index in [2.05, 4.69) is 20.9 Å². The first-order valence-corrected chi connectivity index (χ1v) is 11.5. The molecular weight excluding hydrogens is 494 g/mol. The number of amides is 3. The molecule has 0 aromatic carbocycles. The van der Waals surface area contributed by atoms with Crippen molar-refractivity contribution in [3.05, 3.63) is 0 Å². The summed E-state index contributed by atoms with van der Waals surface area (Å²) in [4.78, 5) is 75.3. The van der Waals surface area contributed by atoms with Gasteiger partial charge in [-0.1, -0.05) is 13.8 Å². The van der Waals surface area contributed by atoms with Crippen LogP contribution in [0.4, 0.5) is 0 Å². The third-order valence-corrected chi connectivity index (χ3v) is 4.92. The van der Waals surface area contributed by atoms with E-state index in [-0.39, 0.29) is 31.3 Å². The summed E-state index contributed by atoms with van der Waals surface area (Å²) in [7, 11) is 0. The van der Waals surface area contributed by atoms with Gasteiger partial charge in [0.25, 0.3) is 0 Å². The monoisotopic (exact) mass is 531 g/mol. The molecule has 0 aromatic heterocycles. The van der Waals surface area contributed by atoms with Gasteiger partial charge in [-0.05, 0) is 31.6 Å². The lowest BCUT2D eigenvalue weighted by molar-refractivity contribution is -0.144. The molecule has 0 aliphatic rings. The van der Waals surface area contributed by atoms with Crippen LogP contribution in [0.25, 0.3) is 0 Å². The molecule has 4 atom stereocenters. The van der Waals surface area contributed by atoms with Gasteiger partial charge in [0.1, 0.15) is 18.1 Å². The fourth-order valence-corrected chi connectivity index (χ4v) is 3.09. The lowest BCUT2D eigenvalue weighted by Crippen LogP contribution is -2.57. The molecule has 0 aliphatic heterocycles. The summed E-state index contributed by atoms with van der Waals surface area (Å²) in [6.07, 6.45) is -1.21. The molecule has 0 saturated heterocycles. The fraction of sp³-hybridized carbons (Fsp3) is 0.667. The van der Waals surface area contributed by atoms with Crippen LogP contribution in [0.1, 0.15) is 52.4 Å². The Morgan fingerprint density at radius 3 is 1.81 bits per heavy atom. The summed E-state index contributed by atoms with van der Waals surface area (Å²) in [6, 6.07) is -5.50. The van der Waals surface area contributed by atoms with Crippen LogP contribution in [0.3, 0.4) is 0 Å². The van der Waals surface area contributed by atoms with E-state index >= 15 is 0 Å². The summed E-state index contributed by atoms with van der Waals surface area (Å²) in [5.74, 6) is -7.14. The second-order valence-corrected chi connectivity index (χ2v) is 8.74. The largest absolute Gasteiger partial charge is 0.481 e. The Morgan fingerprint density at radius 1 is 0.784 bits per heavy atom. The molecule has 0 aliphatic carbocycles. The quantitative estimate of drug-likeness (QED) is 0.0495. The van der Waals surface area contributed by atoms with Crippen molar-refractivity contribution in [2.45, 2.75) is 76.5 Å². The summed E-state index contributed by atoms with van der Waals surface area (Å²) in [6.45, 7) is 3.66. The summed E-state index contributed by atoms with van der Waals surface area (Å²) in [5.41, 5.74) is 16.2. The maximum absolute atomic E-state index is 12.9. The summed E-state index contributed by atoms with van der Waals surface area (Å²) in [5, 5.41) is 34.0. The zero-order chi connectivity index (χ0) is 28.7. The lowest BCUT2D eigenvalue weighted by Gasteiger charge is -2.25. The van der Waals surface area contributed by atoms with Gasteiger partial charge in [0.15, 0.2) is 5.96 Å². The van der Waals surface area contributed by atoms with Gasteiger partial charge in [-0.25, -0.2) is 4.79 Å². The first-order valence-electron chi connectivity index (χ1n) is 11.5. The van der Waals surface area contributed by atoms with Crippen LogP contribution in [0.5, 0.6) is 0 Å². The molecule has 0 spiro atoms. The molecule has 16 heteroatoms. The first kappa shape index (κ1) is 33.0. The number of rotatable bonds is 18. The molecule has 0 bridgehead atoms. The van der Waals surface area contributed by atoms with Crippen molar-refractivity contribution in [1.82, 2.24) is 16.0 Å². The number of carbonyl (C=O) groups is 6. The average molecular weight is 532 g/mol. The molecule has 4 unspecified atom stereocenters. The van der Waals surface area contributed by atoms with Crippen LogP contribution in [0.15, 0.2) is 4.99 Å². The number of aliphatic carboxylic acids is 3. The highest BCUT2D eigenvalue weighted by Gasteiger charge is 2.31. The number of guanidine groups is 1. The summed E-state index contributed by atoms with van der Waals surface area (Å²) >= 11 is 0. The normalized spacial score (nSPS) is 13.9. The number of carboxylic acid groups (broad SMARTS) is 3. The molecule has 16 nitrogen and oxygen atoms in total. The third kappa shape index (κ3) is 14.9. The summed E-state index contributed by atoms with van der Waals surface area (Å²) < 4.78 is 0. The van der Waals surface area contributed by atoms with Crippen molar-refractivity contribution in [3.63, 3.8) is 0 Å².